The number of nitrogens with zero attached hydrogens (tertiary/aromatic N) is 1. The Morgan fingerprint density at radius 3 is 2.79 bits per heavy atom. The Morgan fingerprint density at radius 2 is 2.08 bits per heavy atom. The molecule has 1 amide bonds. The van der Waals surface area contributed by atoms with Crippen LogP contribution in [-0.2, 0) is 10.2 Å². The molecule has 0 aliphatic heterocycles. The van der Waals surface area contributed by atoms with Crippen LogP contribution in [0.1, 0.15) is 37.3 Å². The average molecular weight is 324 g/mol. The van der Waals surface area contributed by atoms with Gasteiger partial charge in [-0.1, -0.05) is 24.3 Å². The molecular formula is C20H24N2O2. The van der Waals surface area contributed by atoms with Crippen molar-refractivity contribution in [3.8, 4) is 5.75 Å². The summed E-state index contributed by atoms with van der Waals surface area (Å²) in [6.45, 7) is 4.58. The Bertz CT molecular complexity index is 713. The van der Waals surface area contributed by atoms with E-state index >= 15 is 0 Å². The molecule has 2 aromatic rings. The van der Waals surface area contributed by atoms with E-state index in [9.17, 15) is 4.79 Å². The number of rotatable bonds is 6. The van der Waals surface area contributed by atoms with Crippen LogP contribution in [0, 0.1) is 5.92 Å². The van der Waals surface area contributed by atoms with Gasteiger partial charge in [0.25, 0.3) is 0 Å². The molecule has 0 unspecified atom stereocenters. The first kappa shape index (κ1) is 16.5. The van der Waals surface area contributed by atoms with Gasteiger partial charge in [0.2, 0.25) is 5.91 Å². The Hall–Kier alpha value is -2.36. The molecule has 4 nitrogen and oxygen atoms in total. The molecule has 1 aromatic carbocycles. The number of ether oxygens (including phenoxy) is 1. The Balaban J connectivity index is 1.61. The minimum Gasteiger partial charge on any atom is -0.496 e. The third-order valence-corrected chi connectivity index (χ3v) is 4.91. The molecule has 2 atom stereocenters. The van der Waals surface area contributed by atoms with Crippen molar-refractivity contribution >= 4 is 5.91 Å². The highest BCUT2D eigenvalue weighted by atomic mass is 16.5. The maximum atomic E-state index is 12.7. The molecule has 1 N–H and O–H groups in total. The molecule has 0 saturated heterocycles. The molecule has 0 radical (unpaired) electrons. The summed E-state index contributed by atoms with van der Waals surface area (Å²) in [6.07, 6.45) is 4.82. The van der Waals surface area contributed by atoms with Crippen molar-refractivity contribution < 1.29 is 9.53 Å². The van der Waals surface area contributed by atoms with Gasteiger partial charge in [0.1, 0.15) is 5.75 Å². The highest BCUT2D eigenvalue weighted by Crippen LogP contribution is 2.46. The molecule has 4 heteroatoms. The fourth-order valence-corrected chi connectivity index (χ4v) is 3.20. The van der Waals surface area contributed by atoms with E-state index in [1.165, 1.54) is 5.56 Å². The monoisotopic (exact) mass is 324 g/mol. The lowest BCUT2D eigenvalue weighted by Gasteiger charge is -2.26. The van der Waals surface area contributed by atoms with E-state index in [4.69, 9.17) is 4.74 Å². The lowest BCUT2D eigenvalue weighted by molar-refractivity contribution is -0.125. The van der Waals surface area contributed by atoms with Gasteiger partial charge in [-0.3, -0.25) is 9.78 Å². The maximum Gasteiger partial charge on any atom is 0.230 e. The molecule has 1 aliphatic rings. The second-order valence-corrected chi connectivity index (χ2v) is 6.92. The molecule has 1 saturated carbocycles. The van der Waals surface area contributed by atoms with Crippen LogP contribution < -0.4 is 10.1 Å². The fraction of sp³-hybridized carbons (Fsp3) is 0.400. The highest BCUT2D eigenvalue weighted by molar-refractivity contribution is 5.88. The second kappa shape index (κ2) is 6.63. The number of methoxy groups -OCH3 is 1. The van der Waals surface area contributed by atoms with Gasteiger partial charge in [0.05, 0.1) is 12.5 Å². The van der Waals surface area contributed by atoms with Crippen LogP contribution in [0.25, 0.3) is 0 Å². The third-order valence-electron chi connectivity index (χ3n) is 4.91. The van der Waals surface area contributed by atoms with Crippen LogP contribution in [0.2, 0.25) is 0 Å². The lowest BCUT2D eigenvalue weighted by atomic mass is 9.83. The zero-order valence-corrected chi connectivity index (χ0v) is 14.5. The molecular weight excluding hydrogens is 300 g/mol. The average Bonchev–Trinajstić information content (AvgIpc) is 3.40. The molecule has 3 rings (SSSR count). The van der Waals surface area contributed by atoms with E-state index < -0.39 is 5.41 Å². The predicted molar refractivity (Wildman–Crippen MR) is 94.1 cm³/mol. The molecule has 1 fully saturated rings. The van der Waals surface area contributed by atoms with Crippen molar-refractivity contribution in [3.05, 3.63) is 59.9 Å². The number of aromatic nitrogens is 1. The quantitative estimate of drug-likeness (QED) is 0.887. The van der Waals surface area contributed by atoms with Crippen LogP contribution >= 0.6 is 0 Å². The summed E-state index contributed by atoms with van der Waals surface area (Å²) < 4.78 is 5.41. The van der Waals surface area contributed by atoms with Crippen LogP contribution in [0.15, 0.2) is 48.8 Å². The number of carbonyl (C=O) groups excluding carboxylic acids is 1. The standard InChI is InChI=1S/C20H24N2O2/c1-20(2,17-8-4-5-9-18(17)24-3)19(23)22-13-15-11-16(15)14-7-6-10-21-12-14/h4-10,12,15-16H,11,13H2,1-3H3,(H,22,23)/t15-,16-/m0/s1. The highest BCUT2D eigenvalue weighted by Gasteiger charge is 2.40. The Kier molecular flexibility index (Phi) is 4.56. The Labute approximate surface area is 143 Å². The van der Waals surface area contributed by atoms with Crippen LogP contribution in [0.5, 0.6) is 5.75 Å². The van der Waals surface area contributed by atoms with Crippen molar-refractivity contribution in [2.75, 3.05) is 13.7 Å². The van der Waals surface area contributed by atoms with Crippen molar-refractivity contribution in [1.82, 2.24) is 10.3 Å². The maximum absolute atomic E-state index is 12.7. The van der Waals surface area contributed by atoms with E-state index in [2.05, 4.69) is 16.4 Å². The number of benzene rings is 1. The number of para-hydroxylation sites is 1. The molecule has 0 bridgehead atoms. The SMILES string of the molecule is COc1ccccc1C(C)(C)C(=O)NC[C@@H]1C[C@H]1c1cccnc1. The van der Waals surface area contributed by atoms with E-state index in [0.29, 0.717) is 18.4 Å². The smallest absolute Gasteiger partial charge is 0.230 e. The summed E-state index contributed by atoms with van der Waals surface area (Å²) in [5, 5.41) is 3.12. The summed E-state index contributed by atoms with van der Waals surface area (Å²) in [6, 6.07) is 11.8. The number of pyridine rings is 1. The first-order valence-corrected chi connectivity index (χ1v) is 8.35. The van der Waals surface area contributed by atoms with E-state index in [0.717, 1.165) is 17.7 Å². The molecule has 1 heterocycles. The number of hydrogen-bond acceptors (Lipinski definition) is 3. The normalized spacial score (nSPS) is 19.6. The van der Waals surface area contributed by atoms with Crippen molar-refractivity contribution in [1.29, 1.82) is 0 Å². The minimum atomic E-state index is -0.634. The van der Waals surface area contributed by atoms with Crippen LogP contribution in [0.4, 0.5) is 0 Å². The zero-order chi connectivity index (χ0) is 17.2. The van der Waals surface area contributed by atoms with Crippen LogP contribution in [-0.4, -0.2) is 24.5 Å². The summed E-state index contributed by atoms with van der Waals surface area (Å²) in [5.41, 5.74) is 1.54. The van der Waals surface area contributed by atoms with Crippen LogP contribution in [0.3, 0.4) is 0 Å². The summed E-state index contributed by atoms with van der Waals surface area (Å²) in [5.74, 6) is 1.81. The van der Waals surface area contributed by atoms with Gasteiger partial charge in [0, 0.05) is 24.5 Å². The molecule has 1 aliphatic carbocycles. The number of nitrogens with one attached hydrogen (secondary N) is 1. The van der Waals surface area contributed by atoms with Gasteiger partial charge in [-0.2, -0.15) is 0 Å². The fourth-order valence-electron chi connectivity index (χ4n) is 3.20. The molecule has 1 aromatic heterocycles. The van der Waals surface area contributed by atoms with Crippen molar-refractivity contribution in [2.45, 2.75) is 31.6 Å². The topological polar surface area (TPSA) is 51.2 Å². The second-order valence-electron chi connectivity index (χ2n) is 6.92. The number of amides is 1. The van der Waals surface area contributed by atoms with Gasteiger partial charge in [-0.05, 0) is 49.8 Å². The first-order valence-electron chi connectivity index (χ1n) is 8.35. The number of hydrogen-bond donors (Lipinski definition) is 1. The van der Waals surface area contributed by atoms with Gasteiger partial charge >= 0.3 is 0 Å². The largest absolute Gasteiger partial charge is 0.496 e. The summed E-state index contributed by atoms with van der Waals surface area (Å²) in [4.78, 5) is 16.9. The third kappa shape index (κ3) is 3.28. The number of carbonyl (C=O) groups is 1. The van der Waals surface area contributed by atoms with Gasteiger partial charge in [0.15, 0.2) is 0 Å². The molecule has 24 heavy (non-hydrogen) atoms. The first-order chi connectivity index (χ1) is 11.5. The van der Waals surface area contributed by atoms with Crippen molar-refractivity contribution in [3.63, 3.8) is 0 Å². The van der Waals surface area contributed by atoms with Gasteiger partial charge in [-0.25, -0.2) is 0 Å². The Morgan fingerprint density at radius 1 is 1.29 bits per heavy atom. The summed E-state index contributed by atoms with van der Waals surface area (Å²) in [7, 11) is 1.63. The van der Waals surface area contributed by atoms with E-state index in [1.807, 2.05) is 50.4 Å². The minimum absolute atomic E-state index is 0.0313. The predicted octanol–water partition coefficient (Wildman–Crippen LogP) is 3.29. The van der Waals surface area contributed by atoms with Gasteiger partial charge in [-0.15, -0.1) is 0 Å². The van der Waals surface area contributed by atoms with E-state index in [1.54, 1.807) is 13.3 Å². The molecule has 0 spiro atoms. The van der Waals surface area contributed by atoms with E-state index in [-0.39, 0.29) is 5.91 Å². The lowest BCUT2D eigenvalue weighted by Crippen LogP contribution is -2.41. The van der Waals surface area contributed by atoms with Gasteiger partial charge < -0.3 is 10.1 Å². The molecule has 126 valence electrons. The summed E-state index contributed by atoms with van der Waals surface area (Å²) >= 11 is 0. The zero-order valence-electron chi connectivity index (χ0n) is 14.5. The van der Waals surface area contributed by atoms with Crippen molar-refractivity contribution in [2.24, 2.45) is 5.92 Å².